The summed E-state index contributed by atoms with van der Waals surface area (Å²) in [6, 6.07) is 7.17. The van der Waals surface area contributed by atoms with Crippen LogP contribution in [-0.4, -0.2) is 47.4 Å². The van der Waals surface area contributed by atoms with Gasteiger partial charge in [-0.15, -0.1) is 12.4 Å². The summed E-state index contributed by atoms with van der Waals surface area (Å²) < 4.78 is 5.70. The third-order valence-corrected chi connectivity index (χ3v) is 5.45. The van der Waals surface area contributed by atoms with Crippen LogP contribution in [0.3, 0.4) is 0 Å². The highest BCUT2D eigenvalue weighted by molar-refractivity contribution is 5.93. The fourth-order valence-electron chi connectivity index (χ4n) is 3.87. The normalized spacial score (nSPS) is 16.0. The lowest BCUT2D eigenvalue weighted by Crippen LogP contribution is -2.41. The molecule has 5 rings (SSSR count). The second-order valence-electron chi connectivity index (χ2n) is 8.19. The van der Waals surface area contributed by atoms with Crippen molar-refractivity contribution in [3.63, 3.8) is 0 Å². The van der Waals surface area contributed by atoms with Crippen molar-refractivity contribution in [1.82, 2.24) is 29.8 Å². The zero-order chi connectivity index (χ0) is 21.8. The van der Waals surface area contributed by atoms with E-state index in [9.17, 15) is 9.90 Å². The molecule has 0 aliphatic carbocycles. The van der Waals surface area contributed by atoms with Gasteiger partial charge < -0.3 is 19.4 Å². The Labute approximate surface area is 190 Å². The Morgan fingerprint density at radius 1 is 1.25 bits per heavy atom. The van der Waals surface area contributed by atoms with Gasteiger partial charge in [0.25, 0.3) is 5.91 Å². The van der Waals surface area contributed by atoms with Crippen molar-refractivity contribution in [2.45, 2.75) is 38.8 Å². The molecule has 3 aromatic heterocycles. The number of carbonyl (C=O) groups excluding carboxylic acids is 1. The Bertz CT molecular complexity index is 1290. The molecule has 1 amide bonds. The van der Waals surface area contributed by atoms with Crippen LogP contribution in [0, 0.1) is 6.92 Å². The van der Waals surface area contributed by atoms with Gasteiger partial charge in [-0.3, -0.25) is 4.79 Å². The molecule has 4 heterocycles. The minimum atomic E-state index is -1.29. The molecule has 0 saturated carbocycles. The summed E-state index contributed by atoms with van der Waals surface area (Å²) in [5, 5.41) is 11.2. The van der Waals surface area contributed by atoms with Crippen molar-refractivity contribution in [3.05, 3.63) is 71.3 Å². The third-order valence-electron chi connectivity index (χ3n) is 5.45. The number of H-pyrrole nitrogens is 1. The first-order valence-corrected chi connectivity index (χ1v) is 10.1. The Hall–Kier alpha value is -3.30. The van der Waals surface area contributed by atoms with Crippen LogP contribution < -0.4 is 0 Å². The highest BCUT2D eigenvalue weighted by Gasteiger charge is 2.39. The second-order valence-corrected chi connectivity index (χ2v) is 8.19. The number of amides is 1. The van der Waals surface area contributed by atoms with Gasteiger partial charge in [-0.1, -0.05) is 18.2 Å². The molecule has 1 aromatic carbocycles. The molecule has 0 spiro atoms. The van der Waals surface area contributed by atoms with Gasteiger partial charge >= 0.3 is 0 Å². The van der Waals surface area contributed by atoms with E-state index in [1.807, 2.05) is 24.3 Å². The van der Waals surface area contributed by atoms with Crippen LogP contribution in [0.25, 0.3) is 10.9 Å². The number of aromatic nitrogens is 5. The monoisotopic (exact) mass is 454 g/mol. The van der Waals surface area contributed by atoms with Crippen LogP contribution in [0.5, 0.6) is 0 Å². The van der Waals surface area contributed by atoms with Crippen molar-refractivity contribution < 1.29 is 14.3 Å². The smallest absolute Gasteiger partial charge is 0.292 e. The van der Waals surface area contributed by atoms with Crippen molar-refractivity contribution in [1.29, 1.82) is 0 Å². The molecule has 0 saturated heterocycles. The van der Waals surface area contributed by atoms with Crippen LogP contribution in [0.1, 0.15) is 59.2 Å². The first kappa shape index (κ1) is 21.9. The number of benzene rings is 1. The average Bonchev–Trinajstić information content (AvgIpc) is 3.38. The number of aliphatic hydroxyl groups is 1. The highest BCUT2D eigenvalue weighted by atomic mass is 35.5. The summed E-state index contributed by atoms with van der Waals surface area (Å²) in [5.74, 6) is 0.372. The molecule has 1 aliphatic rings. The fraction of sp³-hybridized carbons (Fsp3) is 0.318. The van der Waals surface area contributed by atoms with Gasteiger partial charge in [-0.2, -0.15) is 0 Å². The zero-order valence-corrected chi connectivity index (χ0v) is 18.7. The highest BCUT2D eigenvalue weighted by Crippen LogP contribution is 2.34. The SMILES string of the molecule is Cc1nc(C(C)(C)O)oc1C(=O)N1CCc2nc[nH]c2[C@@H]1c1ncc2ccccc2n1.Cl. The number of aromatic amines is 1. The number of hydrogen-bond acceptors (Lipinski definition) is 7. The van der Waals surface area contributed by atoms with E-state index in [1.54, 1.807) is 38.2 Å². The van der Waals surface area contributed by atoms with Crippen molar-refractivity contribution in [3.8, 4) is 0 Å². The number of oxazole rings is 1. The number of nitrogens with one attached hydrogen (secondary N) is 1. The lowest BCUT2D eigenvalue weighted by Gasteiger charge is -2.33. The maximum atomic E-state index is 13.6. The molecule has 0 unspecified atom stereocenters. The van der Waals surface area contributed by atoms with Gasteiger partial charge in [0.2, 0.25) is 11.7 Å². The summed E-state index contributed by atoms with van der Waals surface area (Å²) in [5.41, 5.74) is 1.61. The predicted molar refractivity (Wildman–Crippen MR) is 118 cm³/mol. The van der Waals surface area contributed by atoms with Crippen LogP contribution in [0.2, 0.25) is 0 Å². The van der Waals surface area contributed by atoms with Gasteiger partial charge in [-0.05, 0) is 26.8 Å². The van der Waals surface area contributed by atoms with Gasteiger partial charge in [0.1, 0.15) is 11.6 Å². The number of imidazole rings is 1. The van der Waals surface area contributed by atoms with Crippen molar-refractivity contribution in [2.24, 2.45) is 0 Å². The molecule has 10 heteroatoms. The molecule has 9 nitrogen and oxygen atoms in total. The Morgan fingerprint density at radius 3 is 2.78 bits per heavy atom. The number of rotatable bonds is 3. The van der Waals surface area contributed by atoms with E-state index in [0.29, 0.717) is 24.5 Å². The summed E-state index contributed by atoms with van der Waals surface area (Å²) in [4.78, 5) is 36.3. The Balaban J connectivity index is 0.00000245. The van der Waals surface area contributed by atoms with Crippen molar-refractivity contribution in [2.75, 3.05) is 6.54 Å². The minimum absolute atomic E-state index is 0. The van der Waals surface area contributed by atoms with Crippen LogP contribution in [0.4, 0.5) is 0 Å². The molecule has 1 atom stereocenters. The maximum absolute atomic E-state index is 13.6. The third kappa shape index (κ3) is 3.63. The van der Waals surface area contributed by atoms with E-state index in [0.717, 1.165) is 22.3 Å². The average molecular weight is 455 g/mol. The fourth-order valence-corrected chi connectivity index (χ4v) is 3.87. The Kier molecular flexibility index (Phi) is 5.47. The molecular weight excluding hydrogens is 432 g/mol. The van der Waals surface area contributed by atoms with E-state index in [2.05, 4.69) is 19.9 Å². The molecule has 4 aromatic rings. The molecule has 0 radical (unpaired) electrons. The standard InChI is InChI=1S/C22H22N6O3.ClH/c1-12-18(31-21(26-12)22(2,3)30)20(29)28-9-8-15-16(25-11-24-15)17(28)19-23-10-13-6-4-5-7-14(13)27-19;/h4-7,10-11,17,30H,8-9H2,1-3H3,(H,24,25);1H/t17-;/m1./s1. The summed E-state index contributed by atoms with van der Waals surface area (Å²) in [6.07, 6.45) is 3.98. The number of nitrogens with zero attached hydrogens (tertiary/aromatic N) is 5. The van der Waals surface area contributed by atoms with Crippen LogP contribution in [0.15, 0.2) is 41.2 Å². The van der Waals surface area contributed by atoms with Crippen LogP contribution >= 0.6 is 12.4 Å². The van der Waals surface area contributed by atoms with Gasteiger partial charge in [0.05, 0.1) is 28.9 Å². The van der Waals surface area contributed by atoms with Crippen molar-refractivity contribution >= 4 is 29.2 Å². The number of carbonyl (C=O) groups is 1. The van der Waals surface area contributed by atoms with Gasteiger partial charge in [-0.25, -0.2) is 19.9 Å². The van der Waals surface area contributed by atoms with E-state index in [4.69, 9.17) is 9.40 Å². The number of hydrogen-bond donors (Lipinski definition) is 2. The van der Waals surface area contributed by atoms with Gasteiger partial charge in [0.15, 0.2) is 5.82 Å². The number of fused-ring (bicyclic) bond motifs is 2. The second kappa shape index (κ2) is 7.99. The maximum Gasteiger partial charge on any atom is 0.292 e. The molecular formula is C22H23ClN6O3. The predicted octanol–water partition coefficient (Wildman–Crippen LogP) is 3.09. The van der Waals surface area contributed by atoms with E-state index < -0.39 is 11.6 Å². The lowest BCUT2D eigenvalue weighted by atomic mass is 10.0. The first-order valence-electron chi connectivity index (χ1n) is 10.1. The molecule has 32 heavy (non-hydrogen) atoms. The Morgan fingerprint density at radius 2 is 2.03 bits per heavy atom. The molecule has 2 N–H and O–H groups in total. The largest absolute Gasteiger partial charge is 0.432 e. The lowest BCUT2D eigenvalue weighted by molar-refractivity contribution is 0.0439. The summed E-state index contributed by atoms with van der Waals surface area (Å²) in [7, 11) is 0. The minimum Gasteiger partial charge on any atom is -0.432 e. The van der Waals surface area contributed by atoms with E-state index >= 15 is 0 Å². The summed E-state index contributed by atoms with van der Waals surface area (Å²) in [6.45, 7) is 5.25. The van der Waals surface area contributed by atoms with E-state index in [1.165, 1.54) is 0 Å². The molecule has 0 fully saturated rings. The van der Waals surface area contributed by atoms with Gasteiger partial charge in [0, 0.05) is 24.5 Å². The van der Waals surface area contributed by atoms with E-state index in [-0.39, 0.29) is 30.0 Å². The topological polar surface area (TPSA) is 121 Å². The molecule has 166 valence electrons. The first-order chi connectivity index (χ1) is 14.8. The number of para-hydroxylation sites is 1. The molecule has 0 bridgehead atoms. The number of aryl methyl sites for hydroxylation is 1. The molecule has 1 aliphatic heterocycles. The quantitative estimate of drug-likeness (QED) is 0.487. The number of halogens is 1. The zero-order valence-electron chi connectivity index (χ0n) is 17.9. The van der Waals surface area contributed by atoms with Crippen LogP contribution in [-0.2, 0) is 12.0 Å². The summed E-state index contributed by atoms with van der Waals surface area (Å²) >= 11 is 0.